The maximum Gasteiger partial charge on any atom is 0.251 e. The van der Waals surface area contributed by atoms with Gasteiger partial charge < -0.3 is 14.6 Å². The zero-order valence-corrected chi connectivity index (χ0v) is 18.5. The molecule has 1 aliphatic rings. The van der Waals surface area contributed by atoms with Crippen molar-refractivity contribution in [3.8, 4) is 5.75 Å². The number of aryl methyl sites for hydroxylation is 2. The van der Waals surface area contributed by atoms with Crippen molar-refractivity contribution >= 4 is 15.9 Å². The first-order valence-corrected chi connectivity index (χ1v) is 11.8. The van der Waals surface area contributed by atoms with Crippen molar-refractivity contribution < 1.29 is 22.5 Å². The molecule has 0 atom stereocenters. The maximum atomic E-state index is 12.7. The van der Waals surface area contributed by atoms with Gasteiger partial charge in [0.1, 0.15) is 18.1 Å². The first kappa shape index (κ1) is 22.3. The Labute approximate surface area is 177 Å². The lowest BCUT2D eigenvalue weighted by Crippen LogP contribution is -2.47. The van der Waals surface area contributed by atoms with Gasteiger partial charge in [0.15, 0.2) is 0 Å². The van der Waals surface area contributed by atoms with E-state index < -0.39 is 10.0 Å². The van der Waals surface area contributed by atoms with Gasteiger partial charge >= 0.3 is 0 Å². The van der Waals surface area contributed by atoms with E-state index in [2.05, 4.69) is 10.5 Å². The molecule has 0 aliphatic carbocycles. The molecule has 2 heterocycles. The maximum absolute atomic E-state index is 12.7. The number of ether oxygens (including phenoxy) is 1. The average Bonchev–Trinajstić information content (AvgIpc) is 3.04. The van der Waals surface area contributed by atoms with E-state index in [0.29, 0.717) is 56.0 Å². The Morgan fingerprint density at radius 2 is 2.03 bits per heavy atom. The van der Waals surface area contributed by atoms with Gasteiger partial charge in [-0.1, -0.05) is 18.1 Å². The Hall–Kier alpha value is -2.39. The molecule has 0 spiro atoms. The number of nitrogens with zero attached hydrogens (tertiary/aromatic N) is 2. The standard InChI is InChI=1S/C21H29N3O5S/c1-4-12-30(26,27)24-10-8-18(9-11-24)22-21(25)17-6-5-7-19(13-17)28-14-20-15(2)23-29-16(20)3/h5-7,13,18H,4,8-12,14H2,1-3H3,(H,22,25). The van der Waals surface area contributed by atoms with E-state index in [1.54, 1.807) is 24.3 Å². The van der Waals surface area contributed by atoms with E-state index in [4.69, 9.17) is 9.26 Å². The molecule has 1 aromatic carbocycles. The number of sulfonamides is 1. The third-order valence-corrected chi connectivity index (χ3v) is 7.38. The van der Waals surface area contributed by atoms with Crippen LogP contribution in [0.1, 0.15) is 53.6 Å². The SMILES string of the molecule is CCCS(=O)(=O)N1CCC(NC(=O)c2cccc(OCc3c(C)noc3C)c2)CC1. The molecule has 30 heavy (non-hydrogen) atoms. The number of carbonyl (C=O) groups excluding carboxylic acids is 1. The van der Waals surface area contributed by atoms with Gasteiger partial charge in [-0.3, -0.25) is 4.79 Å². The van der Waals surface area contributed by atoms with Crippen LogP contribution in [0.15, 0.2) is 28.8 Å². The average molecular weight is 436 g/mol. The summed E-state index contributed by atoms with van der Waals surface area (Å²) in [5.74, 6) is 1.29. The summed E-state index contributed by atoms with van der Waals surface area (Å²) in [5, 5.41) is 6.92. The molecule has 8 nitrogen and oxygen atoms in total. The number of aromatic nitrogens is 1. The highest BCUT2D eigenvalue weighted by atomic mass is 32.2. The highest BCUT2D eigenvalue weighted by Gasteiger charge is 2.28. The Kier molecular flexibility index (Phi) is 7.14. The number of amides is 1. The van der Waals surface area contributed by atoms with Gasteiger partial charge in [-0.2, -0.15) is 0 Å². The molecule has 1 saturated heterocycles. The van der Waals surface area contributed by atoms with Crippen LogP contribution in [0, 0.1) is 13.8 Å². The van der Waals surface area contributed by atoms with Crippen molar-refractivity contribution in [3.05, 3.63) is 46.8 Å². The highest BCUT2D eigenvalue weighted by molar-refractivity contribution is 7.89. The first-order valence-electron chi connectivity index (χ1n) is 10.2. The molecule has 164 valence electrons. The summed E-state index contributed by atoms with van der Waals surface area (Å²) in [6.07, 6.45) is 1.82. The number of rotatable bonds is 8. The van der Waals surface area contributed by atoms with Crippen molar-refractivity contribution in [1.82, 2.24) is 14.8 Å². The van der Waals surface area contributed by atoms with Crippen molar-refractivity contribution in [2.45, 2.75) is 52.7 Å². The smallest absolute Gasteiger partial charge is 0.251 e. The van der Waals surface area contributed by atoms with Crippen molar-refractivity contribution in [3.63, 3.8) is 0 Å². The topological polar surface area (TPSA) is 102 Å². The summed E-state index contributed by atoms with van der Waals surface area (Å²) in [4.78, 5) is 12.7. The minimum absolute atomic E-state index is 0.0440. The molecule has 0 unspecified atom stereocenters. The fourth-order valence-electron chi connectivity index (χ4n) is 3.52. The predicted octanol–water partition coefficient (Wildman–Crippen LogP) is 2.80. The van der Waals surface area contributed by atoms with Crippen LogP contribution in [-0.4, -0.2) is 48.7 Å². The summed E-state index contributed by atoms with van der Waals surface area (Å²) in [6.45, 7) is 6.74. The summed E-state index contributed by atoms with van der Waals surface area (Å²) in [6, 6.07) is 6.97. The second kappa shape index (κ2) is 9.61. The van der Waals surface area contributed by atoms with Gasteiger partial charge in [-0.15, -0.1) is 0 Å². The van der Waals surface area contributed by atoms with Gasteiger partial charge in [0, 0.05) is 24.7 Å². The lowest BCUT2D eigenvalue weighted by atomic mass is 10.1. The predicted molar refractivity (Wildman–Crippen MR) is 113 cm³/mol. The van der Waals surface area contributed by atoms with Gasteiger partial charge in [0.25, 0.3) is 5.91 Å². The number of hydrogen-bond donors (Lipinski definition) is 1. The van der Waals surface area contributed by atoms with Crippen LogP contribution >= 0.6 is 0 Å². The van der Waals surface area contributed by atoms with Gasteiger partial charge in [0.2, 0.25) is 10.0 Å². The number of hydrogen-bond acceptors (Lipinski definition) is 6. The van der Waals surface area contributed by atoms with Crippen LogP contribution in [0.4, 0.5) is 0 Å². The van der Waals surface area contributed by atoms with E-state index in [1.165, 1.54) is 4.31 Å². The monoisotopic (exact) mass is 435 g/mol. The molecular formula is C21H29N3O5S. The number of carbonyl (C=O) groups is 1. The van der Waals surface area contributed by atoms with Crippen LogP contribution in [0.2, 0.25) is 0 Å². The molecule has 0 saturated carbocycles. The minimum Gasteiger partial charge on any atom is -0.489 e. The first-order chi connectivity index (χ1) is 14.3. The Morgan fingerprint density at radius 1 is 1.30 bits per heavy atom. The molecule has 3 rings (SSSR count). The Bertz CT molecular complexity index is 959. The largest absolute Gasteiger partial charge is 0.489 e. The van der Waals surface area contributed by atoms with E-state index in [1.807, 2.05) is 20.8 Å². The highest BCUT2D eigenvalue weighted by Crippen LogP contribution is 2.20. The lowest BCUT2D eigenvalue weighted by Gasteiger charge is -2.31. The normalized spacial score (nSPS) is 15.8. The molecule has 1 aromatic heterocycles. The third kappa shape index (κ3) is 5.40. The fraction of sp³-hybridized carbons (Fsp3) is 0.524. The second-order valence-electron chi connectivity index (χ2n) is 7.58. The molecule has 1 fully saturated rings. The van der Waals surface area contributed by atoms with Gasteiger partial charge in [0.05, 0.1) is 17.0 Å². The quantitative estimate of drug-likeness (QED) is 0.684. The van der Waals surface area contributed by atoms with E-state index in [0.717, 1.165) is 11.3 Å². The van der Waals surface area contributed by atoms with Crippen molar-refractivity contribution in [2.24, 2.45) is 0 Å². The Balaban J connectivity index is 1.54. The fourth-order valence-corrected chi connectivity index (χ4v) is 5.07. The second-order valence-corrected chi connectivity index (χ2v) is 9.67. The zero-order chi connectivity index (χ0) is 21.7. The molecule has 1 amide bonds. The molecular weight excluding hydrogens is 406 g/mol. The van der Waals surface area contributed by atoms with Crippen LogP contribution in [0.3, 0.4) is 0 Å². The molecule has 1 aliphatic heterocycles. The van der Waals surface area contributed by atoms with Gasteiger partial charge in [-0.25, -0.2) is 12.7 Å². The summed E-state index contributed by atoms with van der Waals surface area (Å²) in [5.41, 5.74) is 2.19. The van der Waals surface area contributed by atoms with Crippen LogP contribution < -0.4 is 10.1 Å². The lowest BCUT2D eigenvalue weighted by molar-refractivity contribution is 0.0923. The third-order valence-electron chi connectivity index (χ3n) is 5.31. The summed E-state index contributed by atoms with van der Waals surface area (Å²) < 4.78 is 36.8. The van der Waals surface area contributed by atoms with Gasteiger partial charge in [-0.05, 0) is 51.3 Å². The van der Waals surface area contributed by atoms with Crippen molar-refractivity contribution in [1.29, 1.82) is 0 Å². The Morgan fingerprint density at radius 3 is 2.67 bits per heavy atom. The minimum atomic E-state index is -3.18. The summed E-state index contributed by atoms with van der Waals surface area (Å²) in [7, 11) is -3.18. The number of nitrogens with one attached hydrogen (secondary N) is 1. The molecule has 2 aromatic rings. The molecule has 9 heteroatoms. The van der Waals surface area contributed by atoms with E-state index >= 15 is 0 Å². The van der Waals surface area contributed by atoms with Crippen LogP contribution in [0.5, 0.6) is 5.75 Å². The number of piperidine rings is 1. The number of benzene rings is 1. The van der Waals surface area contributed by atoms with Crippen LogP contribution in [0.25, 0.3) is 0 Å². The zero-order valence-electron chi connectivity index (χ0n) is 17.7. The molecule has 0 radical (unpaired) electrons. The molecule has 0 bridgehead atoms. The van der Waals surface area contributed by atoms with Crippen molar-refractivity contribution in [2.75, 3.05) is 18.8 Å². The van der Waals surface area contributed by atoms with Crippen LogP contribution in [-0.2, 0) is 16.6 Å². The molecule has 1 N–H and O–H groups in total. The van der Waals surface area contributed by atoms with E-state index in [-0.39, 0.29) is 17.7 Å². The summed E-state index contributed by atoms with van der Waals surface area (Å²) >= 11 is 0. The van der Waals surface area contributed by atoms with E-state index in [9.17, 15) is 13.2 Å².